The van der Waals surface area contributed by atoms with Crippen molar-refractivity contribution in [1.82, 2.24) is 4.98 Å². The number of pyridine rings is 1. The molecule has 0 amide bonds. The zero-order valence-electron chi connectivity index (χ0n) is 10.9. The first-order chi connectivity index (χ1) is 10.3. The van der Waals surface area contributed by atoms with Crippen LogP contribution in [0.4, 0.5) is 13.2 Å². The molecule has 0 aliphatic rings. The first kappa shape index (κ1) is 19.2. The van der Waals surface area contributed by atoms with Gasteiger partial charge in [-0.15, -0.1) is 9.79 Å². The molecule has 5 N–H and O–H groups in total. The van der Waals surface area contributed by atoms with Gasteiger partial charge in [-0.05, 0) is 23.6 Å². The van der Waals surface area contributed by atoms with Crippen molar-refractivity contribution in [2.45, 2.75) is 11.1 Å². The number of sulfonamides is 1. The van der Waals surface area contributed by atoms with Crippen LogP contribution in [0, 0.1) is 0 Å². The van der Waals surface area contributed by atoms with Gasteiger partial charge in [-0.1, -0.05) is 0 Å². The average molecular weight is 373 g/mol. The summed E-state index contributed by atoms with van der Waals surface area (Å²) in [5.41, 5.74) is -2.12. The van der Waals surface area contributed by atoms with Crippen LogP contribution in [-0.2, 0) is 20.8 Å². The van der Waals surface area contributed by atoms with E-state index in [4.69, 9.17) is 19.5 Å². The third-order valence-electron chi connectivity index (χ3n) is 2.44. The molecule has 0 spiro atoms. The fourth-order valence-electron chi connectivity index (χ4n) is 1.64. The van der Waals surface area contributed by atoms with Crippen molar-refractivity contribution < 1.29 is 35.9 Å². The summed E-state index contributed by atoms with van der Waals surface area (Å²) in [6.07, 6.45) is -4.90. The Hall–Kier alpha value is -1.85. The van der Waals surface area contributed by atoms with Crippen LogP contribution < -0.4 is 10.7 Å². The van der Waals surface area contributed by atoms with Gasteiger partial charge in [0, 0.05) is 16.1 Å². The molecule has 1 aromatic carbocycles. The summed E-state index contributed by atoms with van der Waals surface area (Å²) in [6.45, 7) is 0. The lowest BCUT2D eigenvalue weighted by Crippen LogP contribution is -2.19. The largest absolute Gasteiger partial charge is 0.692 e. The number of fused-ring (bicyclic) bond motifs is 1. The molecule has 1 aromatic heterocycles. The van der Waals surface area contributed by atoms with Gasteiger partial charge in [0.25, 0.3) is 0 Å². The van der Waals surface area contributed by atoms with Crippen molar-refractivity contribution in [1.29, 1.82) is 0 Å². The van der Waals surface area contributed by atoms with Crippen LogP contribution in [0.15, 0.2) is 34.0 Å². The van der Waals surface area contributed by atoms with Crippen LogP contribution in [0.5, 0.6) is 0 Å². The normalized spacial score (nSPS) is 11.7. The predicted octanol–water partition coefficient (Wildman–Crippen LogP) is 0.823. The second-order valence-electron chi connectivity index (χ2n) is 4.05. The summed E-state index contributed by atoms with van der Waals surface area (Å²) in [4.78, 5) is 26.4. The highest BCUT2D eigenvalue weighted by atomic mass is 32.2. The molecule has 23 heavy (non-hydrogen) atoms. The van der Waals surface area contributed by atoms with Gasteiger partial charge < -0.3 is 4.98 Å². The van der Waals surface area contributed by atoms with Crippen molar-refractivity contribution >= 4 is 29.2 Å². The van der Waals surface area contributed by atoms with Crippen molar-refractivity contribution in [3.63, 3.8) is 0 Å². The van der Waals surface area contributed by atoms with Gasteiger partial charge in [-0.25, -0.2) is 13.6 Å². The minimum absolute atomic E-state index is 0.118. The summed E-state index contributed by atoms with van der Waals surface area (Å²) in [6, 6.07) is 3.62. The molecule has 2 rings (SSSR count). The highest BCUT2D eigenvalue weighted by Gasteiger charge is 2.36. The highest BCUT2D eigenvalue weighted by molar-refractivity contribution is 7.89. The lowest BCUT2D eigenvalue weighted by Gasteiger charge is -2.12. The van der Waals surface area contributed by atoms with Crippen LogP contribution in [0.25, 0.3) is 10.9 Å². The van der Waals surface area contributed by atoms with Gasteiger partial charge in [-0.2, -0.15) is 13.2 Å². The van der Waals surface area contributed by atoms with Gasteiger partial charge in [0.1, 0.15) is 0 Å². The molecule has 0 fully saturated rings. The molecule has 1 heterocycles. The number of aromatic nitrogens is 1. The molecule has 2 aromatic rings. The van der Waals surface area contributed by atoms with E-state index in [-0.39, 0.29) is 10.9 Å². The summed E-state index contributed by atoms with van der Waals surface area (Å²) < 4.78 is 69.5. The van der Waals surface area contributed by atoms with Gasteiger partial charge in [0.2, 0.25) is 15.6 Å². The number of nitrogens with two attached hydrogens (primary N) is 1. The van der Waals surface area contributed by atoms with E-state index in [1.54, 1.807) is 0 Å². The monoisotopic (exact) mass is 373 g/mol. The standard InChI is InChI=1S/C10H7F3N2O3S.HO3P/c11-10(12,13)6-4-7-5(1-2-9(16)15-7)3-8(6)19(14,17)18;1-4(2)3/h1-4H,(H,15,16)(H2,14,17,18);(H-,1,2,3)/p+1. The molecule has 0 aliphatic heterocycles. The Kier molecular flexibility index (Phi) is 5.61. The number of alkyl halides is 3. The van der Waals surface area contributed by atoms with E-state index >= 15 is 0 Å². The van der Waals surface area contributed by atoms with Crippen LogP contribution in [0.2, 0.25) is 0 Å². The van der Waals surface area contributed by atoms with Crippen molar-refractivity contribution in [2.24, 2.45) is 5.14 Å². The summed E-state index contributed by atoms with van der Waals surface area (Å²) in [5, 5.41) is 4.91. The zero-order valence-corrected chi connectivity index (χ0v) is 12.6. The molecular weight excluding hydrogens is 364 g/mol. The van der Waals surface area contributed by atoms with E-state index in [2.05, 4.69) is 4.98 Å². The molecule has 0 atom stereocenters. The van der Waals surface area contributed by atoms with Crippen molar-refractivity contribution in [2.75, 3.05) is 0 Å². The Balaban J connectivity index is 0.000000593. The molecule has 13 heteroatoms. The number of hydrogen-bond donors (Lipinski definition) is 4. The van der Waals surface area contributed by atoms with E-state index in [1.165, 1.54) is 6.07 Å². The van der Waals surface area contributed by atoms with Gasteiger partial charge in [0.05, 0.1) is 10.5 Å². The van der Waals surface area contributed by atoms with Gasteiger partial charge in [0.15, 0.2) is 0 Å². The van der Waals surface area contributed by atoms with E-state index in [0.717, 1.165) is 12.1 Å². The second-order valence-corrected chi connectivity index (χ2v) is 6.09. The highest BCUT2D eigenvalue weighted by Crippen LogP contribution is 2.35. The molecule has 0 bridgehead atoms. The summed E-state index contributed by atoms with van der Waals surface area (Å²) in [7, 11) is -7.40. The molecule has 0 saturated carbocycles. The molecule has 0 unspecified atom stereocenters. The third-order valence-corrected chi connectivity index (χ3v) is 3.39. The number of hydrogen-bond acceptors (Lipinski definition) is 4. The minimum Gasteiger partial charge on any atom is -0.322 e. The third kappa shape index (κ3) is 5.37. The Morgan fingerprint density at radius 3 is 2.13 bits per heavy atom. The van der Waals surface area contributed by atoms with E-state index in [0.29, 0.717) is 6.07 Å². The van der Waals surface area contributed by atoms with E-state index in [9.17, 15) is 26.4 Å². The lowest BCUT2D eigenvalue weighted by atomic mass is 10.1. The minimum atomic E-state index is -4.90. The molecule has 8 nitrogen and oxygen atoms in total. The van der Waals surface area contributed by atoms with Crippen LogP contribution in [-0.4, -0.2) is 23.2 Å². The molecule has 0 radical (unpaired) electrons. The summed E-state index contributed by atoms with van der Waals surface area (Å²) in [5.74, 6) is 0. The van der Waals surface area contributed by atoms with E-state index < -0.39 is 40.5 Å². The van der Waals surface area contributed by atoms with Crippen LogP contribution in [0.3, 0.4) is 0 Å². The smallest absolute Gasteiger partial charge is 0.322 e. The van der Waals surface area contributed by atoms with Crippen LogP contribution >= 0.6 is 8.25 Å². The fourth-order valence-corrected chi connectivity index (χ4v) is 2.41. The fraction of sp³-hybridized carbons (Fsp3) is 0.100. The Morgan fingerprint density at radius 2 is 1.70 bits per heavy atom. The summed E-state index contributed by atoms with van der Waals surface area (Å²) >= 11 is 0. The Bertz CT molecular complexity index is 905. The molecular formula is C10H9F3N2O6PS+. The molecule has 126 valence electrons. The maximum absolute atomic E-state index is 12.8. The van der Waals surface area contributed by atoms with Crippen molar-refractivity contribution in [3.05, 3.63) is 40.2 Å². The number of halogens is 3. The zero-order chi connectivity index (χ0) is 18.0. The predicted molar refractivity (Wildman–Crippen MR) is 73.0 cm³/mol. The average Bonchev–Trinajstić information content (AvgIpc) is 2.34. The van der Waals surface area contributed by atoms with Crippen LogP contribution in [0.1, 0.15) is 5.56 Å². The number of rotatable bonds is 1. The quantitative estimate of drug-likeness (QED) is 0.544. The van der Waals surface area contributed by atoms with Gasteiger partial charge >= 0.3 is 14.4 Å². The van der Waals surface area contributed by atoms with Crippen molar-refractivity contribution in [3.8, 4) is 0 Å². The first-order valence-corrected chi connectivity index (χ1v) is 8.15. The maximum Gasteiger partial charge on any atom is 0.692 e. The number of H-pyrrole nitrogens is 1. The Morgan fingerprint density at radius 1 is 1.17 bits per heavy atom. The SMILES string of the molecule is NS(=O)(=O)c1cc2ccc(=O)[nH]c2cc1C(F)(F)F.O=[P+](O)O. The maximum atomic E-state index is 12.8. The number of nitrogens with one attached hydrogen (secondary N) is 1. The number of primary sulfonamides is 1. The van der Waals surface area contributed by atoms with E-state index in [1.807, 2.05) is 0 Å². The Labute approximate surface area is 127 Å². The molecule has 0 aliphatic carbocycles. The molecule has 0 saturated heterocycles. The first-order valence-electron chi connectivity index (χ1n) is 5.44. The number of aromatic amines is 1. The van der Waals surface area contributed by atoms with Gasteiger partial charge in [-0.3, -0.25) is 4.79 Å². The number of benzene rings is 1. The topological polar surface area (TPSA) is 151 Å². The second kappa shape index (κ2) is 6.72. The lowest BCUT2D eigenvalue weighted by molar-refractivity contribution is -0.139.